The molecule has 0 bridgehead atoms. The summed E-state index contributed by atoms with van der Waals surface area (Å²) in [6, 6.07) is 0. The summed E-state index contributed by atoms with van der Waals surface area (Å²) in [6.45, 7) is 2.18. The van der Waals surface area contributed by atoms with Gasteiger partial charge in [0.25, 0.3) is 0 Å². The van der Waals surface area contributed by atoms with Crippen LogP contribution >= 0.6 is 11.8 Å². The molecule has 1 aliphatic heterocycles. The summed E-state index contributed by atoms with van der Waals surface area (Å²) in [5.74, 6) is 1.94. The van der Waals surface area contributed by atoms with E-state index in [4.69, 9.17) is 5.73 Å². The number of carbonyl (C=O) groups is 1. The molecule has 0 aromatic carbocycles. The van der Waals surface area contributed by atoms with E-state index in [1.807, 2.05) is 4.90 Å². The zero-order valence-electron chi connectivity index (χ0n) is 5.88. The van der Waals surface area contributed by atoms with E-state index in [1.165, 1.54) is 0 Å². The second kappa shape index (κ2) is 3.83. The summed E-state index contributed by atoms with van der Waals surface area (Å²) in [4.78, 5) is 12.9. The molecule has 0 aromatic rings. The number of amides is 1. The van der Waals surface area contributed by atoms with Crippen LogP contribution in [0.4, 0.5) is 0 Å². The van der Waals surface area contributed by atoms with Crippen LogP contribution in [0.2, 0.25) is 0 Å². The predicted octanol–water partition coefficient (Wildman–Crippen LogP) is -0.479. The highest BCUT2D eigenvalue weighted by Crippen LogP contribution is 2.09. The van der Waals surface area contributed by atoms with Gasteiger partial charge in [-0.05, 0) is 0 Å². The molecule has 0 unspecified atom stereocenters. The van der Waals surface area contributed by atoms with E-state index in [2.05, 4.69) is 0 Å². The number of thioether (sulfide) groups is 1. The maximum atomic E-state index is 11.0. The fourth-order valence-corrected chi connectivity index (χ4v) is 1.79. The minimum Gasteiger partial charge on any atom is -0.340 e. The van der Waals surface area contributed by atoms with Crippen LogP contribution < -0.4 is 5.73 Å². The Balaban J connectivity index is 2.32. The fraction of sp³-hybridized carbons (Fsp3) is 0.833. The van der Waals surface area contributed by atoms with Crippen LogP contribution in [0.5, 0.6) is 0 Å². The highest BCUT2D eigenvalue weighted by molar-refractivity contribution is 8.00. The lowest BCUT2D eigenvalue weighted by atomic mass is 10.4. The van der Waals surface area contributed by atoms with Gasteiger partial charge in [0, 0.05) is 25.4 Å². The van der Waals surface area contributed by atoms with Crippen molar-refractivity contribution in [3.8, 4) is 0 Å². The molecular formula is C6H12N2OS. The van der Waals surface area contributed by atoms with Crippen LogP contribution in [0.3, 0.4) is 0 Å². The summed E-state index contributed by atoms with van der Waals surface area (Å²) in [5.41, 5.74) is 5.32. The standard InChI is InChI=1S/C6H12N2OS/c7-1-2-8-3-4-10-5-6(8)9/h1-5,7H2. The van der Waals surface area contributed by atoms with Crippen molar-refractivity contribution in [1.29, 1.82) is 0 Å². The number of nitrogens with two attached hydrogens (primary N) is 1. The SMILES string of the molecule is NCCN1CCSCC1=O. The zero-order chi connectivity index (χ0) is 7.40. The van der Waals surface area contributed by atoms with Gasteiger partial charge >= 0.3 is 0 Å². The normalized spacial score (nSPS) is 19.7. The second-order valence-corrected chi connectivity index (χ2v) is 3.33. The molecule has 0 aliphatic carbocycles. The molecule has 1 rings (SSSR count). The lowest BCUT2D eigenvalue weighted by Gasteiger charge is -2.25. The van der Waals surface area contributed by atoms with Gasteiger partial charge in [0.1, 0.15) is 0 Å². The molecule has 1 amide bonds. The van der Waals surface area contributed by atoms with Gasteiger partial charge in [-0.25, -0.2) is 0 Å². The van der Waals surface area contributed by atoms with Gasteiger partial charge in [0.15, 0.2) is 0 Å². The van der Waals surface area contributed by atoms with Crippen molar-refractivity contribution in [3.05, 3.63) is 0 Å². The summed E-state index contributed by atoms with van der Waals surface area (Å²) >= 11 is 1.70. The molecule has 0 saturated carbocycles. The molecule has 3 nitrogen and oxygen atoms in total. The summed E-state index contributed by atoms with van der Waals surface area (Å²) < 4.78 is 0. The molecule has 0 radical (unpaired) electrons. The summed E-state index contributed by atoms with van der Waals surface area (Å²) in [6.07, 6.45) is 0. The van der Waals surface area contributed by atoms with Crippen LogP contribution in [-0.4, -0.2) is 41.9 Å². The molecule has 1 fully saturated rings. The minimum atomic E-state index is 0.238. The Labute approximate surface area is 64.9 Å². The van der Waals surface area contributed by atoms with E-state index in [0.29, 0.717) is 12.3 Å². The van der Waals surface area contributed by atoms with Crippen molar-refractivity contribution >= 4 is 17.7 Å². The number of hydrogen-bond donors (Lipinski definition) is 1. The van der Waals surface area contributed by atoms with Crippen LogP contribution in [0.1, 0.15) is 0 Å². The van der Waals surface area contributed by atoms with Crippen molar-refractivity contribution in [3.63, 3.8) is 0 Å². The van der Waals surface area contributed by atoms with Crippen LogP contribution in [0.25, 0.3) is 0 Å². The van der Waals surface area contributed by atoms with Crippen LogP contribution in [-0.2, 0) is 4.79 Å². The molecule has 58 valence electrons. The molecule has 1 heterocycles. The van der Waals surface area contributed by atoms with Crippen molar-refractivity contribution in [1.82, 2.24) is 4.90 Å². The zero-order valence-corrected chi connectivity index (χ0v) is 6.69. The number of nitrogens with zero attached hydrogens (tertiary/aromatic N) is 1. The fourth-order valence-electron chi connectivity index (χ4n) is 0.943. The van der Waals surface area contributed by atoms with Gasteiger partial charge in [0.2, 0.25) is 5.91 Å². The quantitative estimate of drug-likeness (QED) is 0.593. The highest BCUT2D eigenvalue weighted by atomic mass is 32.2. The molecule has 10 heavy (non-hydrogen) atoms. The van der Waals surface area contributed by atoms with Crippen molar-refractivity contribution in [2.45, 2.75) is 0 Å². The van der Waals surface area contributed by atoms with E-state index in [9.17, 15) is 4.79 Å². The third kappa shape index (κ3) is 1.88. The van der Waals surface area contributed by atoms with Gasteiger partial charge in [-0.2, -0.15) is 11.8 Å². The second-order valence-electron chi connectivity index (χ2n) is 2.22. The Morgan fingerprint density at radius 1 is 1.70 bits per heavy atom. The van der Waals surface area contributed by atoms with E-state index in [1.54, 1.807) is 11.8 Å². The number of carbonyl (C=O) groups excluding carboxylic acids is 1. The lowest BCUT2D eigenvalue weighted by molar-refractivity contribution is -0.128. The molecule has 0 spiro atoms. The summed E-state index contributed by atoms with van der Waals surface area (Å²) in [7, 11) is 0. The maximum Gasteiger partial charge on any atom is 0.232 e. The van der Waals surface area contributed by atoms with Gasteiger partial charge in [-0.3, -0.25) is 4.79 Å². The lowest BCUT2D eigenvalue weighted by Crippen LogP contribution is -2.41. The smallest absolute Gasteiger partial charge is 0.232 e. The van der Waals surface area contributed by atoms with E-state index < -0.39 is 0 Å². The average Bonchev–Trinajstić information content (AvgIpc) is 1.94. The molecular weight excluding hydrogens is 148 g/mol. The number of rotatable bonds is 2. The molecule has 1 saturated heterocycles. The molecule has 1 aliphatic rings. The topological polar surface area (TPSA) is 46.3 Å². The van der Waals surface area contributed by atoms with Crippen molar-refractivity contribution in [2.75, 3.05) is 31.1 Å². The Hall–Kier alpha value is -0.220. The number of hydrogen-bond acceptors (Lipinski definition) is 3. The van der Waals surface area contributed by atoms with Crippen LogP contribution in [0.15, 0.2) is 0 Å². The van der Waals surface area contributed by atoms with E-state index in [0.717, 1.165) is 18.8 Å². The van der Waals surface area contributed by atoms with Gasteiger partial charge < -0.3 is 10.6 Å². The van der Waals surface area contributed by atoms with Crippen LogP contribution in [0, 0.1) is 0 Å². The van der Waals surface area contributed by atoms with E-state index >= 15 is 0 Å². The first-order valence-corrected chi connectivity index (χ1v) is 4.55. The molecule has 0 atom stereocenters. The Bertz CT molecular complexity index is 127. The van der Waals surface area contributed by atoms with Gasteiger partial charge in [-0.1, -0.05) is 0 Å². The summed E-state index contributed by atoms with van der Waals surface area (Å²) in [5, 5.41) is 0. The monoisotopic (exact) mass is 160 g/mol. The first-order valence-electron chi connectivity index (χ1n) is 3.40. The average molecular weight is 160 g/mol. The third-order valence-electron chi connectivity index (χ3n) is 1.48. The Morgan fingerprint density at radius 3 is 3.10 bits per heavy atom. The Morgan fingerprint density at radius 2 is 2.50 bits per heavy atom. The largest absolute Gasteiger partial charge is 0.340 e. The van der Waals surface area contributed by atoms with E-state index in [-0.39, 0.29) is 5.91 Å². The predicted molar refractivity (Wildman–Crippen MR) is 43.0 cm³/mol. The first kappa shape index (κ1) is 7.88. The maximum absolute atomic E-state index is 11.0. The van der Waals surface area contributed by atoms with Crippen molar-refractivity contribution in [2.24, 2.45) is 5.73 Å². The minimum absolute atomic E-state index is 0.238. The first-order chi connectivity index (χ1) is 4.84. The Kier molecular flexibility index (Phi) is 3.02. The molecule has 4 heteroatoms. The highest BCUT2D eigenvalue weighted by Gasteiger charge is 2.16. The van der Waals surface area contributed by atoms with Gasteiger partial charge in [0.05, 0.1) is 5.75 Å². The molecule has 0 aromatic heterocycles. The van der Waals surface area contributed by atoms with Crippen molar-refractivity contribution < 1.29 is 4.79 Å². The van der Waals surface area contributed by atoms with Gasteiger partial charge in [-0.15, -0.1) is 0 Å². The third-order valence-corrected chi connectivity index (χ3v) is 2.41. The molecule has 2 N–H and O–H groups in total.